The highest BCUT2D eigenvalue weighted by molar-refractivity contribution is 6.18. The predicted octanol–water partition coefficient (Wildman–Crippen LogP) is 3.70. The summed E-state index contributed by atoms with van der Waals surface area (Å²) in [4.78, 5) is 12.3. The Morgan fingerprint density at radius 2 is 1.94 bits per heavy atom. The number of rotatable bonds is 6. The Bertz CT molecular complexity index is 373. The van der Waals surface area contributed by atoms with E-state index < -0.39 is 0 Å². The van der Waals surface area contributed by atoms with Crippen LogP contribution >= 0.6 is 11.6 Å². The third kappa shape index (κ3) is 3.74. The maximum atomic E-state index is 12.3. The third-order valence-electron chi connectivity index (χ3n) is 3.43. The van der Waals surface area contributed by atoms with Gasteiger partial charge in [0, 0.05) is 5.88 Å². The van der Waals surface area contributed by atoms with Gasteiger partial charge < -0.3 is 5.32 Å². The number of carbonyl (C=O) groups is 1. The highest BCUT2D eigenvalue weighted by Crippen LogP contribution is 2.21. The Morgan fingerprint density at radius 1 is 1.33 bits per heavy atom. The Morgan fingerprint density at radius 3 is 2.39 bits per heavy atom. The lowest BCUT2D eigenvalue weighted by Crippen LogP contribution is -2.48. The van der Waals surface area contributed by atoms with Crippen molar-refractivity contribution < 1.29 is 4.79 Å². The van der Waals surface area contributed by atoms with Crippen molar-refractivity contribution in [1.29, 1.82) is 0 Å². The molecule has 0 aromatic heterocycles. The van der Waals surface area contributed by atoms with E-state index in [2.05, 4.69) is 5.32 Å². The molecule has 0 aliphatic rings. The predicted molar refractivity (Wildman–Crippen MR) is 77.0 cm³/mol. The van der Waals surface area contributed by atoms with Crippen molar-refractivity contribution in [2.75, 3.05) is 5.88 Å². The van der Waals surface area contributed by atoms with Crippen molar-refractivity contribution in [2.45, 2.75) is 45.1 Å². The minimum Gasteiger partial charge on any atom is -0.349 e. The second-order valence-corrected chi connectivity index (χ2v) is 5.18. The summed E-state index contributed by atoms with van der Waals surface area (Å²) in [6, 6.07) is 9.89. The number of carbonyl (C=O) groups excluding carboxylic acids is 1. The van der Waals surface area contributed by atoms with E-state index in [1.807, 2.05) is 51.1 Å². The summed E-state index contributed by atoms with van der Waals surface area (Å²) in [6.07, 6.45) is 1.62. The molecule has 0 saturated heterocycles. The van der Waals surface area contributed by atoms with E-state index in [0.29, 0.717) is 5.88 Å². The maximum absolute atomic E-state index is 12.3. The third-order valence-corrected chi connectivity index (χ3v) is 4.02. The zero-order valence-corrected chi connectivity index (χ0v) is 12.1. The van der Waals surface area contributed by atoms with Crippen molar-refractivity contribution in [3.8, 4) is 0 Å². The minimum absolute atomic E-state index is 0.0636. The molecule has 0 heterocycles. The fourth-order valence-corrected chi connectivity index (χ4v) is 2.11. The van der Waals surface area contributed by atoms with Crippen LogP contribution < -0.4 is 5.32 Å². The van der Waals surface area contributed by atoms with E-state index in [1.54, 1.807) is 0 Å². The van der Waals surface area contributed by atoms with Crippen LogP contribution in [0.25, 0.3) is 0 Å². The van der Waals surface area contributed by atoms with Gasteiger partial charge in [-0.25, -0.2) is 0 Å². The molecule has 2 unspecified atom stereocenters. The molecule has 0 saturated carbocycles. The average Bonchev–Trinajstić information content (AvgIpc) is 2.40. The van der Waals surface area contributed by atoms with E-state index >= 15 is 0 Å². The summed E-state index contributed by atoms with van der Waals surface area (Å²) in [7, 11) is 0. The first kappa shape index (κ1) is 15.0. The number of halogens is 1. The number of nitrogens with one attached hydrogen (secondary N) is 1. The quantitative estimate of drug-likeness (QED) is 0.783. The molecule has 1 N–H and O–H groups in total. The number of amides is 1. The molecule has 0 bridgehead atoms. The van der Waals surface area contributed by atoms with E-state index in [0.717, 1.165) is 18.4 Å². The Kier molecular flexibility index (Phi) is 5.67. The molecule has 0 radical (unpaired) electrons. The molecule has 0 aliphatic heterocycles. The molecular weight excluding hydrogens is 246 g/mol. The first-order chi connectivity index (χ1) is 8.56. The number of hydrogen-bond donors (Lipinski definition) is 1. The van der Waals surface area contributed by atoms with Gasteiger partial charge in [-0.1, -0.05) is 44.2 Å². The van der Waals surface area contributed by atoms with Gasteiger partial charge in [0.2, 0.25) is 5.91 Å². The highest BCUT2D eigenvalue weighted by Gasteiger charge is 2.27. The van der Waals surface area contributed by atoms with Crippen LogP contribution in [0.2, 0.25) is 0 Å². The van der Waals surface area contributed by atoms with Crippen LogP contribution in [0, 0.1) is 0 Å². The van der Waals surface area contributed by atoms with E-state index in [4.69, 9.17) is 11.6 Å². The minimum atomic E-state index is -0.319. The smallest absolute Gasteiger partial charge is 0.227 e. The van der Waals surface area contributed by atoms with E-state index in [9.17, 15) is 4.79 Å². The second kappa shape index (κ2) is 6.79. The lowest BCUT2D eigenvalue weighted by molar-refractivity contribution is -0.124. The van der Waals surface area contributed by atoms with Crippen LogP contribution in [0.4, 0.5) is 0 Å². The molecule has 0 fully saturated rings. The Balaban J connectivity index is 2.81. The first-order valence-electron chi connectivity index (χ1n) is 6.49. The van der Waals surface area contributed by atoms with Gasteiger partial charge in [0.05, 0.1) is 11.5 Å². The van der Waals surface area contributed by atoms with E-state index in [-0.39, 0.29) is 17.4 Å². The van der Waals surface area contributed by atoms with Crippen LogP contribution in [-0.2, 0) is 4.79 Å². The summed E-state index contributed by atoms with van der Waals surface area (Å²) in [5.41, 5.74) is 0.742. The fourth-order valence-electron chi connectivity index (χ4n) is 1.86. The Hall–Kier alpha value is -1.02. The molecule has 1 aromatic carbocycles. The van der Waals surface area contributed by atoms with Crippen LogP contribution in [0.5, 0.6) is 0 Å². The average molecular weight is 268 g/mol. The number of alkyl halides is 1. The topological polar surface area (TPSA) is 29.1 Å². The summed E-state index contributed by atoms with van der Waals surface area (Å²) in [5, 5.41) is 3.07. The molecule has 0 spiro atoms. The van der Waals surface area contributed by atoms with Crippen LogP contribution in [-0.4, -0.2) is 17.3 Å². The lowest BCUT2D eigenvalue weighted by Gasteiger charge is -2.29. The highest BCUT2D eigenvalue weighted by atomic mass is 35.5. The largest absolute Gasteiger partial charge is 0.349 e. The van der Waals surface area contributed by atoms with Gasteiger partial charge in [0.1, 0.15) is 0 Å². The number of hydrogen-bond acceptors (Lipinski definition) is 1. The molecular formula is C15H22ClNO. The normalized spacial score (nSPS) is 15.8. The summed E-state index contributed by atoms with van der Waals surface area (Å²) in [5.74, 6) is 0.398. The molecule has 2 nitrogen and oxygen atoms in total. The van der Waals surface area contributed by atoms with Gasteiger partial charge in [-0.2, -0.15) is 0 Å². The zero-order chi connectivity index (χ0) is 13.6. The molecule has 3 heteroatoms. The molecule has 0 aliphatic carbocycles. The van der Waals surface area contributed by atoms with Gasteiger partial charge in [0.25, 0.3) is 0 Å². The number of benzene rings is 1. The molecule has 18 heavy (non-hydrogen) atoms. The summed E-state index contributed by atoms with van der Waals surface area (Å²) >= 11 is 5.93. The fraction of sp³-hybridized carbons (Fsp3) is 0.533. The van der Waals surface area contributed by atoms with Gasteiger partial charge in [-0.05, 0) is 25.3 Å². The van der Waals surface area contributed by atoms with Gasteiger partial charge in [-0.15, -0.1) is 11.6 Å². The Labute approximate surface area is 115 Å². The second-order valence-electron chi connectivity index (χ2n) is 4.91. The summed E-state index contributed by atoms with van der Waals surface area (Å²) < 4.78 is 0. The molecule has 2 atom stereocenters. The lowest BCUT2D eigenvalue weighted by atomic mass is 9.93. The van der Waals surface area contributed by atoms with Crippen LogP contribution in [0.1, 0.15) is 45.1 Å². The monoisotopic (exact) mass is 267 g/mol. The van der Waals surface area contributed by atoms with Crippen LogP contribution in [0.15, 0.2) is 30.3 Å². The van der Waals surface area contributed by atoms with Crippen LogP contribution in [0.3, 0.4) is 0 Å². The van der Waals surface area contributed by atoms with Gasteiger partial charge in [0.15, 0.2) is 0 Å². The van der Waals surface area contributed by atoms with Crippen molar-refractivity contribution in [3.63, 3.8) is 0 Å². The van der Waals surface area contributed by atoms with Gasteiger partial charge >= 0.3 is 0 Å². The van der Waals surface area contributed by atoms with Crippen molar-refractivity contribution in [3.05, 3.63) is 35.9 Å². The molecule has 1 rings (SSSR count). The standard InChI is InChI=1S/C15H22ClNO/c1-4-13(12-9-7-6-8-10-12)14(18)17-15(3,5-2)11-16/h6-10,13H,4-5,11H2,1-3H3,(H,17,18). The summed E-state index contributed by atoms with van der Waals surface area (Å²) in [6.45, 7) is 6.04. The molecule has 100 valence electrons. The van der Waals surface area contributed by atoms with Gasteiger partial charge in [-0.3, -0.25) is 4.79 Å². The van der Waals surface area contributed by atoms with Crippen molar-refractivity contribution in [1.82, 2.24) is 5.32 Å². The van der Waals surface area contributed by atoms with Crippen molar-refractivity contribution in [2.24, 2.45) is 0 Å². The zero-order valence-electron chi connectivity index (χ0n) is 11.4. The van der Waals surface area contributed by atoms with Crippen molar-refractivity contribution >= 4 is 17.5 Å². The maximum Gasteiger partial charge on any atom is 0.227 e. The first-order valence-corrected chi connectivity index (χ1v) is 7.02. The molecule has 1 amide bonds. The van der Waals surface area contributed by atoms with E-state index in [1.165, 1.54) is 0 Å². The molecule has 1 aromatic rings. The SMILES string of the molecule is CCC(C(=O)NC(C)(CC)CCl)c1ccccc1.